The Bertz CT molecular complexity index is 1420. The first-order chi connectivity index (χ1) is 18.3. The molecule has 2 N–H and O–H groups in total. The van der Waals surface area contributed by atoms with Gasteiger partial charge in [-0.25, -0.2) is 0 Å². The third-order valence-electron chi connectivity index (χ3n) is 6.35. The summed E-state index contributed by atoms with van der Waals surface area (Å²) < 4.78 is 11.1. The Morgan fingerprint density at radius 3 is 1.39 bits per heavy atom. The molecule has 0 unspecified atom stereocenters. The number of hydrogen-bond acceptors (Lipinski definition) is 8. The Labute approximate surface area is 221 Å². The molecule has 0 amide bonds. The number of anilines is 2. The van der Waals surface area contributed by atoms with Crippen LogP contribution >= 0.6 is 0 Å². The highest BCUT2D eigenvalue weighted by Crippen LogP contribution is 2.35. The average molecular weight is 509 g/mol. The number of nitrogens with zero attached hydrogens (tertiary/aromatic N) is 2. The van der Waals surface area contributed by atoms with E-state index >= 15 is 0 Å². The zero-order valence-electron chi connectivity index (χ0n) is 21.7. The van der Waals surface area contributed by atoms with Gasteiger partial charge in [-0.3, -0.25) is 19.6 Å². The van der Waals surface area contributed by atoms with Crippen molar-refractivity contribution in [3.8, 4) is 0 Å². The van der Waals surface area contributed by atoms with Gasteiger partial charge in [0.25, 0.3) is 0 Å². The molecule has 5 rings (SSSR count). The summed E-state index contributed by atoms with van der Waals surface area (Å²) in [4.78, 5) is 33.8. The Morgan fingerprint density at radius 1 is 0.632 bits per heavy atom. The van der Waals surface area contributed by atoms with E-state index in [0.29, 0.717) is 45.5 Å². The van der Waals surface area contributed by atoms with Crippen LogP contribution in [0.4, 0.5) is 22.7 Å². The minimum atomic E-state index is -0.301. The van der Waals surface area contributed by atoms with E-state index in [1.165, 1.54) is 0 Å². The van der Waals surface area contributed by atoms with Crippen molar-refractivity contribution < 1.29 is 19.1 Å². The number of carbonyl (C=O) groups excluding carboxylic acids is 2. The van der Waals surface area contributed by atoms with Crippen LogP contribution in [0, 0.1) is 0 Å². The predicted molar refractivity (Wildman–Crippen MR) is 149 cm³/mol. The monoisotopic (exact) mass is 508 g/mol. The Hall–Kier alpha value is -4.72. The summed E-state index contributed by atoms with van der Waals surface area (Å²) in [6.45, 7) is 7.62. The molecule has 8 nitrogen and oxygen atoms in total. The standard InChI is InChI=1S/C30H28N4O4/c1-17-29(25-13-15-27(35)37-25)18(2)32-23-11-7-8-12-24(23)34-20(4)30(26-14-16-28(36)38-26)19(3)33-22-10-6-5-9-21(22)31-17/h5-14,31,34H,15-16H2,1-4H3. The van der Waals surface area contributed by atoms with Gasteiger partial charge in [-0.15, -0.1) is 0 Å². The quantitative estimate of drug-likeness (QED) is 0.442. The normalized spacial score (nSPS) is 18.1. The number of benzene rings is 2. The molecule has 0 radical (unpaired) electrons. The fourth-order valence-corrected chi connectivity index (χ4v) is 4.69. The first kappa shape index (κ1) is 25.0. The van der Waals surface area contributed by atoms with Crippen molar-refractivity contribution >= 4 is 46.1 Å². The lowest BCUT2D eigenvalue weighted by Crippen LogP contribution is -2.13. The molecule has 0 saturated heterocycles. The molecule has 0 fully saturated rings. The largest absolute Gasteiger partial charge is 0.426 e. The number of hydrogen-bond donors (Lipinski definition) is 2. The van der Waals surface area contributed by atoms with Gasteiger partial charge in [-0.05, 0) is 64.1 Å². The van der Waals surface area contributed by atoms with Gasteiger partial charge in [-0.2, -0.15) is 0 Å². The summed E-state index contributed by atoms with van der Waals surface area (Å²) in [5, 5.41) is 6.92. The molecule has 0 bridgehead atoms. The molecule has 0 atom stereocenters. The van der Waals surface area contributed by atoms with Crippen molar-refractivity contribution in [2.45, 2.75) is 40.5 Å². The molecule has 2 aromatic rings. The zero-order valence-corrected chi connectivity index (χ0v) is 21.7. The van der Waals surface area contributed by atoms with Crippen LogP contribution < -0.4 is 10.6 Å². The summed E-state index contributed by atoms with van der Waals surface area (Å²) in [5.41, 5.74) is 7.19. The number of rotatable bonds is 2. The van der Waals surface area contributed by atoms with Crippen molar-refractivity contribution in [3.63, 3.8) is 0 Å². The molecule has 3 heterocycles. The maximum absolute atomic E-state index is 12.0. The van der Waals surface area contributed by atoms with Gasteiger partial charge in [0.15, 0.2) is 0 Å². The van der Waals surface area contributed by atoms with Gasteiger partial charge in [0, 0.05) is 11.4 Å². The lowest BCUT2D eigenvalue weighted by molar-refractivity contribution is -0.137. The number of nitrogens with one attached hydrogen (secondary N) is 2. The number of fused-ring (bicyclic) bond motifs is 2. The van der Waals surface area contributed by atoms with Crippen LogP contribution in [0.5, 0.6) is 0 Å². The van der Waals surface area contributed by atoms with Crippen LogP contribution in [0.15, 0.2) is 105 Å². The van der Waals surface area contributed by atoms with E-state index in [2.05, 4.69) is 10.6 Å². The van der Waals surface area contributed by atoms with E-state index in [1.807, 2.05) is 76.2 Å². The Balaban J connectivity index is 1.74. The number of allylic oxidation sites excluding steroid dienone is 4. The third kappa shape index (κ3) is 5.06. The van der Waals surface area contributed by atoms with Gasteiger partial charge in [0.1, 0.15) is 11.5 Å². The smallest absolute Gasteiger partial charge is 0.315 e. The highest BCUT2D eigenvalue weighted by Gasteiger charge is 2.25. The Morgan fingerprint density at radius 2 is 1.03 bits per heavy atom. The van der Waals surface area contributed by atoms with Gasteiger partial charge >= 0.3 is 11.9 Å². The summed E-state index contributed by atoms with van der Waals surface area (Å²) >= 11 is 0. The summed E-state index contributed by atoms with van der Waals surface area (Å²) in [6, 6.07) is 15.3. The lowest BCUT2D eigenvalue weighted by atomic mass is 10.0. The lowest BCUT2D eigenvalue weighted by Gasteiger charge is -2.19. The number of cyclic esters (lactones) is 2. The highest BCUT2D eigenvalue weighted by atomic mass is 16.5. The minimum Gasteiger partial charge on any atom is -0.426 e. The molecule has 0 aromatic heterocycles. The van der Waals surface area contributed by atoms with E-state index in [4.69, 9.17) is 19.5 Å². The maximum atomic E-state index is 12.0. The molecule has 3 aliphatic rings. The fraction of sp³-hybridized carbons (Fsp3) is 0.200. The van der Waals surface area contributed by atoms with Gasteiger partial charge < -0.3 is 20.1 Å². The minimum absolute atomic E-state index is 0.213. The first-order valence-electron chi connectivity index (χ1n) is 12.4. The highest BCUT2D eigenvalue weighted by molar-refractivity contribution is 6.07. The van der Waals surface area contributed by atoms with E-state index in [9.17, 15) is 9.59 Å². The van der Waals surface area contributed by atoms with E-state index < -0.39 is 0 Å². The second kappa shape index (κ2) is 10.3. The second-order valence-corrected chi connectivity index (χ2v) is 9.17. The molecular weight excluding hydrogens is 480 g/mol. The van der Waals surface area contributed by atoms with Crippen LogP contribution in [0.1, 0.15) is 40.5 Å². The molecule has 0 spiro atoms. The number of aliphatic imine (C=N–C) groups is 2. The molecule has 0 aliphatic carbocycles. The zero-order chi connectivity index (χ0) is 26.8. The molecule has 0 saturated carbocycles. The van der Waals surface area contributed by atoms with Gasteiger partial charge in [0.05, 0.1) is 58.2 Å². The number of carbonyl (C=O) groups is 2. The van der Waals surface area contributed by atoms with Crippen molar-refractivity contribution in [1.29, 1.82) is 0 Å². The van der Waals surface area contributed by atoms with Crippen molar-refractivity contribution in [2.75, 3.05) is 10.6 Å². The number of esters is 2. The van der Waals surface area contributed by atoms with Crippen LogP contribution in [-0.4, -0.2) is 23.4 Å². The second-order valence-electron chi connectivity index (χ2n) is 9.17. The summed E-state index contributed by atoms with van der Waals surface area (Å²) in [6.07, 6.45) is 3.98. The molecule has 8 heteroatoms. The molecule has 3 aliphatic heterocycles. The summed E-state index contributed by atoms with van der Waals surface area (Å²) in [5.74, 6) is 0.351. The first-order valence-corrected chi connectivity index (χ1v) is 12.4. The number of ether oxygens (including phenoxy) is 2. The van der Waals surface area contributed by atoms with Crippen LogP contribution in [-0.2, 0) is 19.1 Å². The van der Waals surface area contributed by atoms with E-state index in [0.717, 1.165) is 22.8 Å². The van der Waals surface area contributed by atoms with Gasteiger partial charge in [0.2, 0.25) is 0 Å². The van der Waals surface area contributed by atoms with Crippen LogP contribution in [0.3, 0.4) is 0 Å². The SMILES string of the molecule is CC1=Nc2ccccc2NC(C)=C(C2=CCC(=O)O2)C(C)=Nc2ccccc2NC(C)=C1C1=CCC(=O)O1. The summed E-state index contributed by atoms with van der Waals surface area (Å²) in [7, 11) is 0. The van der Waals surface area contributed by atoms with Crippen LogP contribution in [0.25, 0.3) is 0 Å². The topological polar surface area (TPSA) is 101 Å². The number of para-hydroxylation sites is 4. The molecule has 38 heavy (non-hydrogen) atoms. The Kier molecular flexibility index (Phi) is 6.79. The van der Waals surface area contributed by atoms with E-state index in [1.54, 1.807) is 12.2 Å². The van der Waals surface area contributed by atoms with E-state index in [-0.39, 0.29) is 24.8 Å². The van der Waals surface area contributed by atoms with Crippen molar-refractivity contribution in [3.05, 3.63) is 94.7 Å². The average Bonchev–Trinajstić information content (AvgIpc) is 3.49. The molecule has 2 aromatic carbocycles. The predicted octanol–water partition coefficient (Wildman–Crippen LogP) is 6.62. The fourth-order valence-electron chi connectivity index (χ4n) is 4.69. The molecule has 192 valence electrons. The van der Waals surface area contributed by atoms with Gasteiger partial charge in [-0.1, -0.05) is 24.3 Å². The maximum Gasteiger partial charge on any atom is 0.315 e. The van der Waals surface area contributed by atoms with Crippen LogP contribution in [0.2, 0.25) is 0 Å². The van der Waals surface area contributed by atoms with Crippen molar-refractivity contribution in [1.82, 2.24) is 0 Å². The molecular formula is C30H28N4O4. The van der Waals surface area contributed by atoms with Crippen molar-refractivity contribution in [2.24, 2.45) is 9.98 Å². The third-order valence-corrected chi connectivity index (χ3v) is 6.35.